The van der Waals surface area contributed by atoms with Crippen molar-refractivity contribution in [2.45, 2.75) is 32.6 Å². The van der Waals surface area contributed by atoms with Crippen molar-refractivity contribution >= 4 is 5.84 Å². The fraction of sp³-hybridized carbons (Fsp3) is 0.500. The van der Waals surface area contributed by atoms with Crippen LogP contribution in [0.2, 0.25) is 0 Å². The quantitative estimate of drug-likeness (QED) is 0.585. The zero-order valence-electron chi connectivity index (χ0n) is 10.3. The molecule has 2 rings (SSSR count). The number of ether oxygens (including phenoxy) is 1. The number of rotatable bonds is 6. The molecular formula is C14H20N2O. The lowest BCUT2D eigenvalue weighted by Crippen LogP contribution is -2.21. The normalized spacial score (nSPS) is 16.5. The first kappa shape index (κ1) is 12.0. The first-order valence-electron chi connectivity index (χ1n) is 6.18. The van der Waals surface area contributed by atoms with Crippen LogP contribution in [0.3, 0.4) is 0 Å². The summed E-state index contributed by atoms with van der Waals surface area (Å²) in [4.78, 5) is 0. The second-order valence-corrected chi connectivity index (χ2v) is 4.99. The van der Waals surface area contributed by atoms with E-state index in [0.29, 0.717) is 13.0 Å². The van der Waals surface area contributed by atoms with Crippen LogP contribution in [-0.4, -0.2) is 12.4 Å². The molecule has 1 aliphatic carbocycles. The zero-order chi connectivity index (χ0) is 12.3. The summed E-state index contributed by atoms with van der Waals surface area (Å²) in [7, 11) is 0. The van der Waals surface area contributed by atoms with Gasteiger partial charge in [0.25, 0.3) is 0 Å². The molecule has 0 amide bonds. The van der Waals surface area contributed by atoms with E-state index in [2.05, 4.69) is 19.1 Å². The Morgan fingerprint density at radius 3 is 2.82 bits per heavy atom. The Kier molecular flexibility index (Phi) is 3.36. The Bertz CT molecular complexity index is 410. The molecule has 1 saturated carbocycles. The standard InChI is InChI=1S/C14H20N2O/c1-2-11-4-3-5-12(8-11)17-10-14(6-7-14)9-13(15)16/h3-5,8H,2,6-7,9-10H2,1H3,(H3,15,16). The van der Waals surface area contributed by atoms with Crippen molar-refractivity contribution in [2.24, 2.45) is 11.1 Å². The van der Waals surface area contributed by atoms with Crippen LogP contribution in [-0.2, 0) is 6.42 Å². The van der Waals surface area contributed by atoms with Crippen molar-refractivity contribution in [1.29, 1.82) is 5.41 Å². The highest BCUT2D eigenvalue weighted by atomic mass is 16.5. The third-order valence-electron chi connectivity index (χ3n) is 3.37. The van der Waals surface area contributed by atoms with Gasteiger partial charge in [0.15, 0.2) is 0 Å². The van der Waals surface area contributed by atoms with Gasteiger partial charge in [-0.15, -0.1) is 0 Å². The van der Waals surface area contributed by atoms with Crippen molar-refractivity contribution < 1.29 is 4.74 Å². The first-order valence-corrected chi connectivity index (χ1v) is 6.18. The molecule has 0 atom stereocenters. The molecular weight excluding hydrogens is 212 g/mol. The van der Waals surface area contributed by atoms with Crippen molar-refractivity contribution in [2.75, 3.05) is 6.61 Å². The third kappa shape index (κ3) is 3.22. The van der Waals surface area contributed by atoms with E-state index < -0.39 is 0 Å². The van der Waals surface area contributed by atoms with Crippen LogP contribution in [0.15, 0.2) is 24.3 Å². The summed E-state index contributed by atoms with van der Waals surface area (Å²) in [5.74, 6) is 1.20. The predicted molar refractivity (Wildman–Crippen MR) is 69.5 cm³/mol. The summed E-state index contributed by atoms with van der Waals surface area (Å²) in [6, 6.07) is 8.21. The van der Waals surface area contributed by atoms with Gasteiger partial charge in [-0.3, -0.25) is 5.41 Å². The Labute approximate surface area is 102 Å². The van der Waals surface area contributed by atoms with Crippen molar-refractivity contribution in [3.63, 3.8) is 0 Å². The summed E-state index contributed by atoms with van der Waals surface area (Å²) < 4.78 is 5.82. The number of amidine groups is 1. The van der Waals surface area contributed by atoms with E-state index in [4.69, 9.17) is 15.9 Å². The topological polar surface area (TPSA) is 59.1 Å². The number of benzene rings is 1. The second kappa shape index (κ2) is 4.78. The average Bonchev–Trinajstić information content (AvgIpc) is 3.06. The van der Waals surface area contributed by atoms with Gasteiger partial charge < -0.3 is 10.5 Å². The van der Waals surface area contributed by atoms with E-state index >= 15 is 0 Å². The average molecular weight is 232 g/mol. The highest BCUT2D eigenvalue weighted by Crippen LogP contribution is 2.48. The molecule has 0 aliphatic heterocycles. The van der Waals surface area contributed by atoms with Gasteiger partial charge in [-0.1, -0.05) is 19.1 Å². The minimum absolute atomic E-state index is 0.147. The molecule has 1 aromatic carbocycles. The molecule has 3 N–H and O–H groups in total. The predicted octanol–water partition coefficient (Wildman–Crippen LogP) is 2.73. The summed E-state index contributed by atoms with van der Waals surface area (Å²) in [5.41, 5.74) is 6.90. The second-order valence-electron chi connectivity index (χ2n) is 4.99. The van der Waals surface area contributed by atoms with Crippen molar-refractivity contribution in [3.8, 4) is 5.75 Å². The van der Waals surface area contributed by atoms with Gasteiger partial charge in [-0.05, 0) is 37.0 Å². The van der Waals surface area contributed by atoms with Crippen LogP contribution in [0.5, 0.6) is 5.75 Å². The lowest BCUT2D eigenvalue weighted by molar-refractivity contribution is 0.238. The van der Waals surface area contributed by atoms with E-state index in [0.717, 1.165) is 25.0 Å². The molecule has 3 heteroatoms. The maximum atomic E-state index is 7.36. The van der Waals surface area contributed by atoms with Gasteiger partial charge in [0.1, 0.15) is 5.75 Å². The third-order valence-corrected chi connectivity index (χ3v) is 3.37. The van der Waals surface area contributed by atoms with Gasteiger partial charge in [0.2, 0.25) is 0 Å². The number of nitrogens with one attached hydrogen (secondary N) is 1. The molecule has 0 spiro atoms. The van der Waals surface area contributed by atoms with Gasteiger partial charge in [0.05, 0.1) is 12.4 Å². The lowest BCUT2D eigenvalue weighted by atomic mass is 10.0. The number of nitrogens with two attached hydrogens (primary N) is 1. The molecule has 1 fully saturated rings. The molecule has 0 unspecified atom stereocenters. The highest BCUT2D eigenvalue weighted by Gasteiger charge is 2.43. The largest absolute Gasteiger partial charge is 0.493 e. The Hall–Kier alpha value is -1.51. The van der Waals surface area contributed by atoms with Crippen LogP contribution in [0.1, 0.15) is 31.7 Å². The molecule has 3 nitrogen and oxygen atoms in total. The van der Waals surface area contributed by atoms with E-state index in [9.17, 15) is 0 Å². The SMILES string of the molecule is CCc1cccc(OCC2(CC(=N)N)CC2)c1. The maximum Gasteiger partial charge on any atom is 0.119 e. The van der Waals surface area contributed by atoms with Gasteiger partial charge in [0, 0.05) is 11.8 Å². The molecule has 92 valence electrons. The van der Waals surface area contributed by atoms with Crippen molar-refractivity contribution in [3.05, 3.63) is 29.8 Å². The Morgan fingerprint density at radius 2 is 2.24 bits per heavy atom. The summed E-state index contributed by atoms with van der Waals surface area (Å²) in [6.07, 6.45) is 3.94. The van der Waals surface area contributed by atoms with Crippen LogP contribution < -0.4 is 10.5 Å². The van der Waals surface area contributed by atoms with E-state index in [1.165, 1.54) is 5.56 Å². The fourth-order valence-corrected chi connectivity index (χ4v) is 2.04. The van der Waals surface area contributed by atoms with E-state index in [1.54, 1.807) is 0 Å². The Balaban J connectivity index is 1.91. The molecule has 0 saturated heterocycles. The van der Waals surface area contributed by atoms with Crippen LogP contribution >= 0.6 is 0 Å². The molecule has 1 aliphatic rings. The van der Waals surface area contributed by atoms with Crippen LogP contribution in [0.25, 0.3) is 0 Å². The lowest BCUT2D eigenvalue weighted by Gasteiger charge is -2.15. The molecule has 0 aromatic heterocycles. The van der Waals surface area contributed by atoms with Gasteiger partial charge in [-0.25, -0.2) is 0 Å². The van der Waals surface area contributed by atoms with Crippen LogP contribution in [0, 0.1) is 10.8 Å². The fourth-order valence-electron chi connectivity index (χ4n) is 2.04. The minimum atomic E-state index is 0.147. The summed E-state index contributed by atoms with van der Waals surface area (Å²) >= 11 is 0. The highest BCUT2D eigenvalue weighted by molar-refractivity contribution is 5.78. The summed E-state index contributed by atoms with van der Waals surface area (Å²) in [5, 5.41) is 7.36. The maximum absolute atomic E-state index is 7.36. The smallest absolute Gasteiger partial charge is 0.119 e. The minimum Gasteiger partial charge on any atom is -0.493 e. The van der Waals surface area contributed by atoms with Gasteiger partial charge >= 0.3 is 0 Å². The number of aryl methyl sites for hydroxylation is 1. The van der Waals surface area contributed by atoms with E-state index in [1.807, 2.05) is 12.1 Å². The number of hydrogen-bond acceptors (Lipinski definition) is 2. The zero-order valence-corrected chi connectivity index (χ0v) is 10.3. The van der Waals surface area contributed by atoms with Crippen molar-refractivity contribution in [1.82, 2.24) is 0 Å². The van der Waals surface area contributed by atoms with E-state index in [-0.39, 0.29) is 11.3 Å². The molecule has 0 bridgehead atoms. The molecule has 0 radical (unpaired) electrons. The molecule has 17 heavy (non-hydrogen) atoms. The molecule has 1 aromatic rings. The van der Waals surface area contributed by atoms with Crippen LogP contribution in [0.4, 0.5) is 0 Å². The molecule has 0 heterocycles. The monoisotopic (exact) mass is 232 g/mol. The van der Waals surface area contributed by atoms with Gasteiger partial charge in [-0.2, -0.15) is 0 Å². The number of hydrogen-bond donors (Lipinski definition) is 2. The summed E-state index contributed by atoms with van der Waals surface area (Å²) in [6.45, 7) is 2.82. The Morgan fingerprint density at radius 1 is 1.47 bits per heavy atom. The first-order chi connectivity index (χ1) is 8.13.